The summed E-state index contributed by atoms with van der Waals surface area (Å²) >= 11 is 3.24. The fourth-order valence-electron chi connectivity index (χ4n) is 1.68. The maximum Gasteiger partial charge on any atom is 0.256 e. The Bertz CT molecular complexity index is 575. The molecule has 1 N–H and O–H groups in total. The normalized spacial score (nSPS) is 10.4. The number of nitrogens with one attached hydrogen (secondary N) is 1. The lowest BCUT2D eigenvalue weighted by atomic mass is 10.1. The molecule has 0 aliphatic heterocycles. The van der Waals surface area contributed by atoms with Crippen molar-refractivity contribution in [2.45, 2.75) is 18.7 Å². The number of rotatable bonds is 3. The first-order valence-electron chi connectivity index (χ1n) is 5.62. The van der Waals surface area contributed by atoms with Gasteiger partial charge in [-0.3, -0.25) is 4.79 Å². The zero-order valence-electron chi connectivity index (χ0n) is 10.6. The third-order valence-corrected chi connectivity index (χ3v) is 4.69. The Morgan fingerprint density at radius 1 is 1.28 bits per heavy atom. The van der Waals surface area contributed by atoms with Crippen molar-refractivity contribution in [3.8, 4) is 0 Å². The van der Waals surface area contributed by atoms with E-state index in [1.807, 2.05) is 49.7 Å². The highest BCUT2D eigenvalue weighted by atomic mass is 32.2. The molecule has 1 aromatic carbocycles. The average Bonchev–Trinajstić information content (AvgIpc) is 2.71. The van der Waals surface area contributed by atoms with Gasteiger partial charge in [-0.15, -0.1) is 23.1 Å². The Balaban J connectivity index is 2.24. The van der Waals surface area contributed by atoms with E-state index < -0.39 is 0 Å². The van der Waals surface area contributed by atoms with Crippen molar-refractivity contribution in [3.05, 3.63) is 45.6 Å². The maximum atomic E-state index is 12.2. The zero-order valence-corrected chi connectivity index (χ0v) is 12.2. The van der Waals surface area contributed by atoms with Gasteiger partial charge in [-0.2, -0.15) is 0 Å². The highest BCUT2D eigenvalue weighted by molar-refractivity contribution is 7.98. The Hall–Kier alpha value is -1.26. The third kappa shape index (κ3) is 2.60. The van der Waals surface area contributed by atoms with Gasteiger partial charge in [0.25, 0.3) is 5.91 Å². The Kier molecular flexibility index (Phi) is 4.09. The van der Waals surface area contributed by atoms with E-state index in [0.717, 1.165) is 21.7 Å². The van der Waals surface area contributed by atoms with Crippen LogP contribution in [0.1, 0.15) is 20.8 Å². The van der Waals surface area contributed by atoms with Crippen molar-refractivity contribution < 1.29 is 4.79 Å². The number of para-hydroxylation sites is 1. The molecule has 0 spiro atoms. The number of anilines is 1. The first kappa shape index (κ1) is 13.2. The summed E-state index contributed by atoms with van der Waals surface area (Å²) in [5, 5.41) is 4.90. The smallest absolute Gasteiger partial charge is 0.256 e. The molecule has 1 heterocycles. The predicted octanol–water partition coefficient (Wildman–Crippen LogP) is 4.34. The Morgan fingerprint density at radius 2 is 2.00 bits per heavy atom. The molecule has 2 aromatic rings. The highest BCUT2D eigenvalue weighted by Gasteiger charge is 2.13. The lowest BCUT2D eigenvalue weighted by molar-refractivity contribution is 0.102. The van der Waals surface area contributed by atoms with Crippen LogP contribution in [0, 0.1) is 13.8 Å². The van der Waals surface area contributed by atoms with E-state index in [2.05, 4.69) is 5.32 Å². The largest absolute Gasteiger partial charge is 0.321 e. The minimum atomic E-state index is -0.0293. The summed E-state index contributed by atoms with van der Waals surface area (Å²) in [7, 11) is 0. The van der Waals surface area contributed by atoms with E-state index in [1.54, 1.807) is 23.1 Å². The quantitative estimate of drug-likeness (QED) is 0.846. The number of hydrogen-bond acceptors (Lipinski definition) is 3. The van der Waals surface area contributed by atoms with Crippen LogP contribution in [0.3, 0.4) is 0 Å². The second kappa shape index (κ2) is 5.59. The van der Waals surface area contributed by atoms with Gasteiger partial charge in [-0.1, -0.05) is 12.1 Å². The van der Waals surface area contributed by atoms with Gasteiger partial charge < -0.3 is 5.32 Å². The molecule has 0 aliphatic carbocycles. The number of aryl methyl sites for hydroxylation is 1. The summed E-state index contributed by atoms with van der Waals surface area (Å²) in [5.74, 6) is -0.0293. The van der Waals surface area contributed by atoms with Gasteiger partial charge in [0.2, 0.25) is 0 Å². The van der Waals surface area contributed by atoms with Crippen LogP contribution in [0.5, 0.6) is 0 Å². The lowest BCUT2D eigenvalue weighted by Crippen LogP contribution is -2.12. The van der Waals surface area contributed by atoms with Gasteiger partial charge in [0.1, 0.15) is 0 Å². The summed E-state index contributed by atoms with van der Waals surface area (Å²) in [6, 6.07) is 7.84. The van der Waals surface area contributed by atoms with E-state index in [-0.39, 0.29) is 5.91 Å². The Morgan fingerprint density at radius 3 is 2.61 bits per heavy atom. The molecule has 1 aromatic heterocycles. The number of amides is 1. The molecule has 18 heavy (non-hydrogen) atoms. The minimum Gasteiger partial charge on any atom is -0.321 e. The second-order valence-electron chi connectivity index (χ2n) is 3.98. The minimum absolute atomic E-state index is 0.0293. The first-order chi connectivity index (χ1) is 8.63. The van der Waals surface area contributed by atoms with E-state index in [4.69, 9.17) is 0 Å². The van der Waals surface area contributed by atoms with Crippen molar-refractivity contribution >= 4 is 34.7 Å². The topological polar surface area (TPSA) is 29.1 Å². The number of carbonyl (C=O) groups excluding carboxylic acids is 1. The van der Waals surface area contributed by atoms with Crippen molar-refractivity contribution in [1.82, 2.24) is 0 Å². The number of benzene rings is 1. The molecule has 1 amide bonds. The summed E-state index contributed by atoms with van der Waals surface area (Å²) in [6.07, 6.45) is 2.00. The fraction of sp³-hybridized carbons (Fsp3) is 0.214. The van der Waals surface area contributed by atoms with E-state index in [0.29, 0.717) is 0 Å². The second-order valence-corrected chi connectivity index (χ2v) is 5.92. The van der Waals surface area contributed by atoms with Gasteiger partial charge in [0.15, 0.2) is 0 Å². The number of hydrogen-bond donors (Lipinski definition) is 1. The SMILES string of the molecule is CSc1ccccc1NC(=O)c1csc(C)c1C. The van der Waals surface area contributed by atoms with Crippen molar-refractivity contribution in [1.29, 1.82) is 0 Å². The fourth-order valence-corrected chi connectivity index (χ4v) is 3.09. The summed E-state index contributed by atoms with van der Waals surface area (Å²) in [5.41, 5.74) is 2.71. The van der Waals surface area contributed by atoms with Crippen LogP contribution in [0.15, 0.2) is 34.5 Å². The van der Waals surface area contributed by atoms with Gasteiger partial charge in [0.05, 0.1) is 11.3 Å². The van der Waals surface area contributed by atoms with Crippen LogP contribution in [0.4, 0.5) is 5.69 Å². The van der Waals surface area contributed by atoms with Gasteiger partial charge in [0, 0.05) is 15.2 Å². The van der Waals surface area contributed by atoms with Gasteiger partial charge in [-0.05, 0) is 37.8 Å². The van der Waals surface area contributed by atoms with Crippen LogP contribution in [-0.2, 0) is 0 Å². The molecule has 2 rings (SSSR count). The molecule has 0 bridgehead atoms. The maximum absolute atomic E-state index is 12.2. The number of thioether (sulfide) groups is 1. The highest BCUT2D eigenvalue weighted by Crippen LogP contribution is 2.26. The number of thiophene rings is 1. The molecule has 4 heteroatoms. The van der Waals surface area contributed by atoms with Crippen LogP contribution in [0.25, 0.3) is 0 Å². The van der Waals surface area contributed by atoms with Crippen LogP contribution in [0.2, 0.25) is 0 Å². The van der Waals surface area contributed by atoms with Crippen LogP contribution >= 0.6 is 23.1 Å². The molecule has 94 valence electrons. The molecule has 0 fully saturated rings. The van der Waals surface area contributed by atoms with Crippen LogP contribution in [-0.4, -0.2) is 12.2 Å². The monoisotopic (exact) mass is 277 g/mol. The molecule has 2 nitrogen and oxygen atoms in total. The molecular weight excluding hydrogens is 262 g/mol. The van der Waals surface area contributed by atoms with Crippen molar-refractivity contribution in [3.63, 3.8) is 0 Å². The summed E-state index contributed by atoms with van der Waals surface area (Å²) in [4.78, 5) is 14.5. The molecule has 0 saturated heterocycles. The van der Waals surface area contributed by atoms with E-state index in [1.165, 1.54) is 4.88 Å². The average molecular weight is 277 g/mol. The molecule has 0 saturated carbocycles. The molecule has 0 radical (unpaired) electrons. The molecule has 0 aliphatic rings. The lowest BCUT2D eigenvalue weighted by Gasteiger charge is -2.09. The zero-order chi connectivity index (χ0) is 13.1. The molecule has 0 atom stereocenters. The van der Waals surface area contributed by atoms with E-state index in [9.17, 15) is 4.79 Å². The van der Waals surface area contributed by atoms with Crippen molar-refractivity contribution in [2.75, 3.05) is 11.6 Å². The van der Waals surface area contributed by atoms with Gasteiger partial charge in [-0.25, -0.2) is 0 Å². The molecule has 0 unspecified atom stereocenters. The van der Waals surface area contributed by atoms with E-state index >= 15 is 0 Å². The van der Waals surface area contributed by atoms with Crippen LogP contribution < -0.4 is 5.32 Å². The number of carbonyl (C=O) groups is 1. The third-order valence-electron chi connectivity index (χ3n) is 2.89. The van der Waals surface area contributed by atoms with Crippen molar-refractivity contribution in [2.24, 2.45) is 0 Å². The van der Waals surface area contributed by atoms with Gasteiger partial charge >= 0.3 is 0 Å². The Labute approximate surface area is 115 Å². The summed E-state index contributed by atoms with van der Waals surface area (Å²) in [6.45, 7) is 4.02. The summed E-state index contributed by atoms with van der Waals surface area (Å²) < 4.78 is 0. The predicted molar refractivity (Wildman–Crippen MR) is 80.0 cm³/mol. The molecular formula is C14H15NOS2. The first-order valence-corrected chi connectivity index (χ1v) is 7.73. The standard InChI is InChI=1S/C14H15NOS2/c1-9-10(2)18-8-11(9)14(16)15-12-6-4-5-7-13(12)17-3/h4-8H,1-3H3,(H,15,16).